The molecule has 0 radical (unpaired) electrons. The van der Waals surface area contributed by atoms with Gasteiger partial charge >= 0.3 is 0 Å². The standard InChI is InChI=1S/C16H28N4/c1-4-8-13-15(17-3)18-11-19-16(13)20-14-10-7-5-6-9-12(14)2/h11-12,14H,4-10H2,1-3H3,(H2,17,18,19,20). The maximum atomic E-state index is 4.50. The summed E-state index contributed by atoms with van der Waals surface area (Å²) in [5.41, 5.74) is 1.23. The average molecular weight is 276 g/mol. The number of anilines is 2. The van der Waals surface area contributed by atoms with Gasteiger partial charge in [0.1, 0.15) is 18.0 Å². The lowest BCUT2D eigenvalue weighted by atomic mass is 9.96. The van der Waals surface area contributed by atoms with Crippen LogP contribution in [0.5, 0.6) is 0 Å². The zero-order chi connectivity index (χ0) is 14.4. The number of hydrogen-bond acceptors (Lipinski definition) is 4. The largest absolute Gasteiger partial charge is 0.373 e. The van der Waals surface area contributed by atoms with Crippen molar-refractivity contribution in [1.82, 2.24) is 9.97 Å². The number of aromatic nitrogens is 2. The normalized spacial score (nSPS) is 23.1. The topological polar surface area (TPSA) is 49.8 Å². The molecule has 0 aromatic carbocycles. The molecule has 4 heteroatoms. The molecular formula is C16H28N4. The van der Waals surface area contributed by atoms with Gasteiger partial charge in [-0.3, -0.25) is 0 Å². The van der Waals surface area contributed by atoms with Gasteiger partial charge in [0.2, 0.25) is 0 Å². The van der Waals surface area contributed by atoms with E-state index in [0.29, 0.717) is 6.04 Å². The van der Waals surface area contributed by atoms with Crippen LogP contribution in [-0.2, 0) is 6.42 Å². The van der Waals surface area contributed by atoms with E-state index in [-0.39, 0.29) is 0 Å². The first-order valence-electron chi connectivity index (χ1n) is 8.04. The molecule has 1 fully saturated rings. The zero-order valence-corrected chi connectivity index (χ0v) is 13.1. The van der Waals surface area contributed by atoms with Gasteiger partial charge in [-0.1, -0.05) is 39.5 Å². The van der Waals surface area contributed by atoms with Crippen molar-refractivity contribution in [1.29, 1.82) is 0 Å². The van der Waals surface area contributed by atoms with Crippen LogP contribution >= 0.6 is 0 Å². The summed E-state index contributed by atoms with van der Waals surface area (Å²) in [5.74, 6) is 2.72. The quantitative estimate of drug-likeness (QED) is 0.802. The molecule has 2 unspecified atom stereocenters. The van der Waals surface area contributed by atoms with Crippen LogP contribution in [0.2, 0.25) is 0 Å². The number of nitrogens with zero attached hydrogens (tertiary/aromatic N) is 2. The molecule has 0 aliphatic heterocycles. The van der Waals surface area contributed by atoms with Crippen LogP contribution in [0.15, 0.2) is 6.33 Å². The van der Waals surface area contributed by atoms with E-state index in [4.69, 9.17) is 0 Å². The van der Waals surface area contributed by atoms with E-state index >= 15 is 0 Å². The van der Waals surface area contributed by atoms with Crippen LogP contribution in [0.3, 0.4) is 0 Å². The van der Waals surface area contributed by atoms with E-state index in [1.807, 2.05) is 7.05 Å². The molecule has 20 heavy (non-hydrogen) atoms. The molecule has 0 saturated heterocycles. The molecule has 1 aliphatic carbocycles. The Morgan fingerprint density at radius 3 is 2.65 bits per heavy atom. The van der Waals surface area contributed by atoms with Crippen molar-refractivity contribution in [3.8, 4) is 0 Å². The third-order valence-corrected chi connectivity index (χ3v) is 4.37. The third-order valence-electron chi connectivity index (χ3n) is 4.37. The van der Waals surface area contributed by atoms with Crippen LogP contribution in [0.4, 0.5) is 11.6 Å². The molecule has 1 saturated carbocycles. The van der Waals surface area contributed by atoms with Crippen molar-refractivity contribution >= 4 is 11.6 Å². The summed E-state index contributed by atoms with van der Waals surface area (Å²) < 4.78 is 0. The minimum atomic E-state index is 0.549. The van der Waals surface area contributed by atoms with Crippen molar-refractivity contribution in [3.05, 3.63) is 11.9 Å². The van der Waals surface area contributed by atoms with Gasteiger partial charge in [0.25, 0.3) is 0 Å². The Hall–Kier alpha value is -1.32. The minimum absolute atomic E-state index is 0.549. The molecule has 2 atom stereocenters. The van der Waals surface area contributed by atoms with Crippen LogP contribution in [0.25, 0.3) is 0 Å². The zero-order valence-electron chi connectivity index (χ0n) is 13.1. The minimum Gasteiger partial charge on any atom is -0.373 e. The third kappa shape index (κ3) is 3.62. The molecule has 112 valence electrons. The van der Waals surface area contributed by atoms with Gasteiger partial charge in [0.05, 0.1) is 0 Å². The highest BCUT2D eigenvalue weighted by Crippen LogP contribution is 2.28. The van der Waals surface area contributed by atoms with Crippen LogP contribution in [0.1, 0.15) is 57.9 Å². The lowest BCUT2D eigenvalue weighted by Gasteiger charge is -2.25. The van der Waals surface area contributed by atoms with Gasteiger partial charge in [-0.05, 0) is 25.2 Å². The van der Waals surface area contributed by atoms with Gasteiger partial charge in [0.15, 0.2) is 0 Å². The predicted octanol–water partition coefficient (Wildman–Crippen LogP) is 3.85. The fourth-order valence-electron chi connectivity index (χ4n) is 3.12. The Labute approximate surface area is 122 Å². The van der Waals surface area contributed by atoms with Gasteiger partial charge in [0, 0.05) is 18.7 Å². The Morgan fingerprint density at radius 1 is 1.15 bits per heavy atom. The lowest BCUT2D eigenvalue weighted by molar-refractivity contribution is 0.455. The number of rotatable bonds is 5. The predicted molar refractivity (Wildman–Crippen MR) is 85.2 cm³/mol. The van der Waals surface area contributed by atoms with Gasteiger partial charge in [-0.2, -0.15) is 0 Å². The average Bonchev–Trinajstić information content (AvgIpc) is 2.66. The van der Waals surface area contributed by atoms with E-state index in [1.165, 1.54) is 37.7 Å². The van der Waals surface area contributed by atoms with Crippen molar-refractivity contribution in [3.63, 3.8) is 0 Å². The first kappa shape index (κ1) is 15.1. The second-order valence-electron chi connectivity index (χ2n) is 5.92. The number of hydrogen-bond donors (Lipinski definition) is 2. The first-order valence-corrected chi connectivity index (χ1v) is 8.04. The summed E-state index contributed by atoms with van der Waals surface area (Å²) in [5, 5.41) is 6.90. The molecule has 0 bridgehead atoms. The second kappa shape index (κ2) is 7.46. The van der Waals surface area contributed by atoms with Crippen molar-refractivity contribution < 1.29 is 0 Å². The van der Waals surface area contributed by atoms with Crippen molar-refractivity contribution in [2.75, 3.05) is 17.7 Å². The fourth-order valence-corrected chi connectivity index (χ4v) is 3.12. The summed E-state index contributed by atoms with van der Waals surface area (Å²) in [7, 11) is 1.93. The Kier molecular flexibility index (Phi) is 5.62. The molecule has 1 heterocycles. The van der Waals surface area contributed by atoms with Crippen LogP contribution in [-0.4, -0.2) is 23.1 Å². The molecule has 0 amide bonds. The van der Waals surface area contributed by atoms with E-state index in [2.05, 4.69) is 34.4 Å². The summed E-state index contributed by atoms with van der Waals surface area (Å²) in [6.45, 7) is 4.56. The van der Waals surface area contributed by atoms with Crippen LogP contribution < -0.4 is 10.6 Å². The van der Waals surface area contributed by atoms with Gasteiger partial charge < -0.3 is 10.6 Å². The van der Waals surface area contributed by atoms with E-state index in [0.717, 1.165) is 30.4 Å². The molecule has 4 nitrogen and oxygen atoms in total. The highest BCUT2D eigenvalue weighted by atomic mass is 15.1. The summed E-state index contributed by atoms with van der Waals surface area (Å²) in [6.07, 6.45) is 10.4. The molecule has 2 rings (SSSR count). The fraction of sp³-hybridized carbons (Fsp3) is 0.750. The Balaban J connectivity index is 2.18. The highest BCUT2D eigenvalue weighted by Gasteiger charge is 2.21. The lowest BCUT2D eigenvalue weighted by Crippen LogP contribution is -2.27. The molecule has 2 N–H and O–H groups in total. The Bertz CT molecular complexity index is 419. The maximum absolute atomic E-state index is 4.50. The van der Waals surface area contributed by atoms with E-state index < -0.39 is 0 Å². The second-order valence-corrected chi connectivity index (χ2v) is 5.92. The van der Waals surface area contributed by atoms with Crippen LogP contribution in [0, 0.1) is 5.92 Å². The number of nitrogens with one attached hydrogen (secondary N) is 2. The molecule has 0 spiro atoms. The first-order chi connectivity index (χ1) is 9.76. The van der Waals surface area contributed by atoms with E-state index in [1.54, 1.807) is 6.33 Å². The van der Waals surface area contributed by atoms with Crippen molar-refractivity contribution in [2.45, 2.75) is 64.8 Å². The monoisotopic (exact) mass is 276 g/mol. The molecule has 1 aromatic heterocycles. The smallest absolute Gasteiger partial charge is 0.134 e. The molecule has 1 aromatic rings. The summed E-state index contributed by atoms with van der Waals surface area (Å²) >= 11 is 0. The Morgan fingerprint density at radius 2 is 1.90 bits per heavy atom. The van der Waals surface area contributed by atoms with Gasteiger partial charge in [-0.25, -0.2) is 9.97 Å². The highest BCUT2D eigenvalue weighted by molar-refractivity contribution is 5.57. The maximum Gasteiger partial charge on any atom is 0.134 e. The van der Waals surface area contributed by atoms with Gasteiger partial charge in [-0.15, -0.1) is 0 Å². The SMILES string of the molecule is CCCc1c(NC)ncnc1NC1CCCCCC1C. The van der Waals surface area contributed by atoms with E-state index in [9.17, 15) is 0 Å². The van der Waals surface area contributed by atoms with Crippen molar-refractivity contribution in [2.24, 2.45) is 5.92 Å². The molecule has 1 aliphatic rings. The summed E-state index contributed by atoms with van der Waals surface area (Å²) in [6, 6.07) is 0.549. The molecular weight excluding hydrogens is 248 g/mol. The summed E-state index contributed by atoms with van der Waals surface area (Å²) in [4.78, 5) is 8.85.